The number of nitrogens with one attached hydrogen (secondary N) is 1. The maximum atomic E-state index is 11.8. The van der Waals surface area contributed by atoms with Gasteiger partial charge in [0, 0.05) is 11.1 Å². The van der Waals surface area contributed by atoms with Gasteiger partial charge in [0.1, 0.15) is 6.04 Å². The fraction of sp³-hybridized carbons (Fsp3) is 0.500. The number of aryl methyl sites for hydroxylation is 1. The number of amides is 2. The van der Waals surface area contributed by atoms with E-state index in [1.807, 2.05) is 6.92 Å². The first-order valence-electron chi connectivity index (χ1n) is 5.05. The number of aromatic nitrogens is 1. The zero-order valence-electron chi connectivity index (χ0n) is 9.19. The molecule has 2 amide bonds. The van der Waals surface area contributed by atoms with Crippen LogP contribution < -0.4 is 5.32 Å². The predicted octanol–water partition coefficient (Wildman–Crippen LogP) is 0.298. The first kappa shape index (κ1) is 11.1. The van der Waals surface area contributed by atoms with Crippen molar-refractivity contribution < 1.29 is 9.59 Å². The van der Waals surface area contributed by atoms with Gasteiger partial charge < -0.3 is 10.2 Å². The van der Waals surface area contributed by atoms with Crippen molar-refractivity contribution in [3.63, 3.8) is 0 Å². The number of carbonyl (C=O) groups is 2. The maximum absolute atomic E-state index is 11.8. The zero-order valence-corrected chi connectivity index (χ0v) is 10.0. The molecule has 1 N–H and O–H groups in total. The molecule has 16 heavy (non-hydrogen) atoms. The third-order valence-corrected chi connectivity index (χ3v) is 3.31. The van der Waals surface area contributed by atoms with Crippen LogP contribution in [0.1, 0.15) is 16.8 Å². The van der Waals surface area contributed by atoms with E-state index in [0.717, 1.165) is 9.88 Å². The predicted molar refractivity (Wildman–Crippen MR) is 59.9 cm³/mol. The van der Waals surface area contributed by atoms with Gasteiger partial charge in [-0.3, -0.25) is 9.59 Å². The molecule has 2 heterocycles. The fourth-order valence-corrected chi connectivity index (χ4v) is 2.48. The van der Waals surface area contributed by atoms with Gasteiger partial charge in [0.05, 0.1) is 18.1 Å². The Bertz CT molecular complexity index is 429. The Labute approximate surface area is 97.5 Å². The summed E-state index contributed by atoms with van der Waals surface area (Å²) < 4.78 is 0. The van der Waals surface area contributed by atoms with Crippen molar-refractivity contribution in [2.24, 2.45) is 0 Å². The van der Waals surface area contributed by atoms with Crippen LogP contribution in [0.25, 0.3) is 0 Å². The molecule has 0 aliphatic carbocycles. The number of piperazine rings is 1. The van der Waals surface area contributed by atoms with Crippen LogP contribution in [0.5, 0.6) is 0 Å². The lowest BCUT2D eigenvalue weighted by Gasteiger charge is -2.30. The fourth-order valence-electron chi connectivity index (χ4n) is 1.67. The van der Waals surface area contributed by atoms with Gasteiger partial charge in [-0.1, -0.05) is 0 Å². The Kier molecular flexibility index (Phi) is 2.91. The Hall–Kier alpha value is -1.43. The maximum Gasteiger partial charge on any atom is 0.245 e. The molecule has 0 radical (unpaired) electrons. The lowest BCUT2D eigenvalue weighted by atomic mass is 10.2. The molecule has 1 saturated heterocycles. The van der Waals surface area contributed by atoms with Gasteiger partial charge >= 0.3 is 0 Å². The third kappa shape index (κ3) is 2.21. The molecule has 1 aliphatic heterocycles. The average molecular weight is 239 g/mol. The first-order valence-corrected chi connectivity index (χ1v) is 5.87. The third-order valence-electron chi connectivity index (χ3n) is 2.41. The van der Waals surface area contributed by atoms with E-state index in [1.54, 1.807) is 29.4 Å². The zero-order chi connectivity index (χ0) is 11.7. The van der Waals surface area contributed by atoms with E-state index in [-0.39, 0.29) is 18.4 Å². The van der Waals surface area contributed by atoms with E-state index in [1.165, 1.54) is 0 Å². The molecular formula is C10H13N3O2S. The van der Waals surface area contributed by atoms with Crippen molar-refractivity contribution in [2.75, 3.05) is 6.54 Å². The molecule has 0 spiro atoms. The van der Waals surface area contributed by atoms with Crippen LogP contribution >= 0.6 is 11.3 Å². The summed E-state index contributed by atoms with van der Waals surface area (Å²) in [5.74, 6) is -0.140. The molecular weight excluding hydrogens is 226 g/mol. The highest BCUT2D eigenvalue weighted by Gasteiger charge is 2.29. The van der Waals surface area contributed by atoms with Gasteiger partial charge in [0.25, 0.3) is 0 Å². The molecule has 1 aromatic heterocycles. The molecule has 86 valence electrons. The van der Waals surface area contributed by atoms with Gasteiger partial charge in [-0.15, -0.1) is 11.3 Å². The molecule has 2 rings (SSSR count). The number of hydrogen-bond donors (Lipinski definition) is 1. The lowest BCUT2D eigenvalue weighted by Crippen LogP contribution is -2.56. The van der Waals surface area contributed by atoms with Gasteiger partial charge in [0.15, 0.2) is 0 Å². The molecule has 1 fully saturated rings. The standard InChI is InChI=1S/C10H13N3O2S/c1-6-10(15)13(5-9(14)12-6)4-8-3-11-7(2)16-8/h3,6H,4-5H2,1-2H3,(H,12,14). The highest BCUT2D eigenvalue weighted by molar-refractivity contribution is 7.11. The van der Waals surface area contributed by atoms with Crippen LogP contribution in [0.2, 0.25) is 0 Å². The van der Waals surface area contributed by atoms with Crippen molar-refractivity contribution in [3.8, 4) is 0 Å². The Morgan fingerprint density at radius 1 is 1.62 bits per heavy atom. The van der Waals surface area contributed by atoms with Gasteiger partial charge in [-0.25, -0.2) is 4.98 Å². The summed E-state index contributed by atoms with van der Waals surface area (Å²) in [5, 5.41) is 3.58. The Morgan fingerprint density at radius 2 is 2.38 bits per heavy atom. The molecule has 0 aromatic carbocycles. The van der Waals surface area contributed by atoms with Crippen LogP contribution in [-0.2, 0) is 16.1 Å². The number of thiazole rings is 1. The molecule has 5 nitrogen and oxygen atoms in total. The van der Waals surface area contributed by atoms with Crippen LogP contribution in [0.4, 0.5) is 0 Å². The smallest absolute Gasteiger partial charge is 0.245 e. The summed E-state index contributed by atoms with van der Waals surface area (Å²) in [5.41, 5.74) is 0. The van der Waals surface area contributed by atoms with Crippen molar-refractivity contribution in [3.05, 3.63) is 16.1 Å². The SMILES string of the molecule is Cc1ncc(CN2CC(=O)NC(C)C2=O)s1. The van der Waals surface area contributed by atoms with Crippen LogP contribution in [0.15, 0.2) is 6.20 Å². The largest absolute Gasteiger partial charge is 0.343 e. The van der Waals surface area contributed by atoms with Crippen molar-refractivity contribution in [2.45, 2.75) is 26.4 Å². The minimum atomic E-state index is -0.421. The van der Waals surface area contributed by atoms with Gasteiger partial charge in [-0.2, -0.15) is 0 Å². The van der Waals surface area contributed by atoms with Crippen molar-refractivity contribution in [1.82, 2.24) is 15.2 Å². The number of hydrogen-bond acceptors (Lipinski definition) is 4. The average Bonchev–Trinajstić information content (AvgIpc) is 2.60. The molecule has 0 saturated carbocycles. The van der Waals surface area contributed by atoms with E-state index in [0.29, 0.717) is 6.54 Å². The Morgan fingerprint density at radius 3 is 3.00 bits per heavy atom. The van der Waals surface area contributed by atoms with E-state index in [9.17, 15) is 9.59 Å². The summed E-state index contributed by atoms with van der Waals surface area (Å²) >= 11 is 1.55. The van der Waals surface area contributed by atoms with Crippen molar-refractivity contribution in [1.29, 1.82) is 0 Å². The quantitative estimate of drug-likeness (QED) is 0.807. The summed E-state index contributed by atoms with van der Waals surface area (Å²) in [6.07, 6.45) is 1.75. The van der Waals surface area contributed by atoms with Crippen LogP contribution in [-0.4, -0.2) is 34.3 Å². The van der Waals surface area contributed by atoms with E-state index in [2.05, 4.69) is 10.3 Å². The highest BCUT2D eigenvalue weighted by Crippen LogP contribution is 2.15. The minimum Gasteiger partial charge on any atom is -0.343 e. The van der Waals surface area contributed by atoms with Gasteiger partial charge in [0.2, 0.25) is 11.8 Å². The summed E-state index contributed by atoms with van der Waals surface area (Å²) in [6, 6.07) is -0.421. The topological polar surface area (TPSA) is 62.3 Å². The molecule has 0 bridgehead atoms. The van der Waals surface area contributed by atoms with Crippen molar-refractivity contribution >= 4 is 23.2 Å². The second-order valence-electron chi connectivity index (χ2n) is 3.83. The van der Waals surface area contributed by atoms with E-state index < -0.39 is 6.04 Å². The number of rotatable bonds is 2. The number of carbonyl (C=O) groups excluding carboxylic acids is 2. The highest BCUT2D eigenvalue weighted by atomic mass is 32.1. The molecule has 1 unspecified atom stereocenters. The van der Waals surface area contributed by atoms with E-state index >= 15 is 0 Å². The molecule has 1 atom stereocenters. The van der Waals surface area contributed by atoms with Crippen LogP contribution in [0, 0.1) is 6.92 Å². The summed E-state index contributed by atoms with van der Waals surface area (Å²) in [4.78, 5) is 29.8. The van der Waals surface area contributed by atoms with Gasteiger partial charge in [-0.05, 0) is 13.8 Å². The first-order chi connectivity index (χ1) is 7.56. The second-order valence-corrected chi connectivity index (χ2v) is 5.15. The van der Waals surface area contributed by atoms with Crippen LogP contribution in [0.3, 0.4) is 0 Å². The summed E-state index contributed by atoms with van der Waals surface area (Å²) in [6.45, 7) is 4.23. The molecule has 1 aliphatic rings. The normalized spacial score (nSPS) is 21.1. The molecule has 6 heteroatoms. The lowest BCUT2D eigenvalue weighted by molar-refractivity contribution is -0.144. The van der Waals surface area contributed by atoms with E-state index in [4.69, 9.17) is 0 Å². The monoisotopic (exact) mass is 239 g/mol. The summed E-state index contributed by atoms with van der Waals surface area (Å²) in [7, 11) is 0. The molecule has 1 aromatic rings. The second kappa shape index (κ2) is 4.21. The minimum absolute atomic E-state index is 0.0364. The Balaban J connectivity index is 2.08. The number of nitrogens with zero attached hydrogens (tertiary/aromatic N) is 2.